The summed E-state index contributed by atoms with van der Waals surface area (Å²) in [7, 11) is 0. The molecule has 0 spiro atoms. The molecule has 1 aliphatic heterocycles. The van der Waals surface area contributed by atoms with E-state index in [-0.39, 0.29) is 0 Å². The van der Waals surface area contributed by atoms with Gasteiger partial charge in [0.1, 0.15) is 0 Å². The first-order valence-corrected chi connectivity index (χ1v) is 5.21. The summed E-state index contributed by atoms with van der Waals surface area (Å²) < 4.78 is 5.51. The van der Waals surface area contributed by atoms with E-state index in [1.807, 2.05) is 0 Å². The van der Waals surface area contributed by atoms with Crippen molar-refractivity contribution >= 4 is 6.08 Å². The fourth-order valence-corrected chi connectivity index (χ4v) is 1.65. The topological polar surface area (TPSA) is 9.23 Å². The zero-order chi connectivity index (χ0) is 9.80. The lowest BCUT2D eigenvalue weighted by Crippen LogP contribution is -1.98. The van der Waals surface area contributed by atoms with Crippen LogP contribution in [-0.2, 0) is 4.74 Å². The Kier molecular flexibility index (Phi) is 3.00. The molecule has 0 radical (unpaired) electrons. The van der Waals surface area contributed by atoms with Crippen molar-refractivity contribution in [1.82, 2.24) is 0 Å². The molecule has 74 valence electrons. The number of rotatable bonds is 2. The van der Waals surface area contributed by atoms with Crippen molar-refractivity contribution in [3.05, 3.63) is 41.5 Å². The van der Waals surface area contributed by atoms with Crippen LogP contribution in [0.1, 0.15) is 24.0 Å². The molecule has 0 N–H and O–H groups in total. The Morgan fingerprint density at radius 2 is 2.07 bits per heavy atom. The Morgan fingerprint density at radius 3 is 2.71 bits per heavy atom. The van der Waals surface area contributed by atoms with E-state index in [0.29, 0.717) is 6.10 Å². The van der Waals surface area contributed by atoms with Gasteiger partial charge in [-0.2, -0.15) is 0 Å². The first-order valence-electron chi connectivity index (χ1n) is 5.21. The molecule has 1 aromatic rings. The summed E-state index contributed by atoms with van der Waals surface area (Å²) in [5.74, 6) is 0. The molecule has 1 atom stereocenters. The third-order valence-corrected chi connectivity index (χ3v) is 2.55. The monoisotopic (exact) mass is 188 g/mol. The number of ether oxygens (including phenoxy) is 1. The summed E-state index contributed by atoms with van der Waals surface area (Å²) in [6, 6.07) is 8.55. The average Bonchev–Trinajstić information content (AvgIpc) is 2.70. The molecule has 2 rings (SSSR count). The predicted molar refractivity (Wildman–Crippen MR) is 59.2 cm³/mol. The van der Waals surface area contributed by atoms with Gasteiger partial charge in [0, 0.05) is 6.61 Å². The molecular formula is C13H16O. The summed E-state index contributed by atoms with van der Waals surface area (Å²) in [4.78, 5) is 0. The van der Waals surface area contributed by atoms with Crippen LogP contribution < -0.4 is 0 Å². The van der Waals surface area contributed by atoms with Crippen molar-refractivity contribution in [3.63, 3.8) is 0 Å². The highest BCUT2D eigenvalue weighted by molar-refractivity contribution is 5.50. The van der Waals surface area contributed by atoms with Crippen LogP contribution in [0.3, 0.4) is 0 Å². The van der Waals surface area contributed by atoms with Crippen LogP contribution >= 0.6 is 0 Å². The van der Waals surface area contributed by atoms with Gasteiger partial charge >= 0.3 is 0 Å². The summed E-state index contributed by atoms with van der Waals surface area (Å²) in [6.45, 7) is 3.02. The molecule has 1 unspecified atom stereocenters. The van der Waals surface area contributed by atoms with Crippen molar-refractivity contribution in [2.75, 3.05) is 6.61 Å². The van der Waals surface area contributed by atoms with E-state index in [2.05, 4.69) is 43.3 Å². The zero-order valence-electron chi connectivity index (χ0n) is 8.57. The Hall–Kier alpha value is -1.08. The molecule has 0 bridgehead atoms. The second-order valence-electron chi connectivity index (χ2n) is 3.82. The minimum Gasteiger partial charge on any atom is -0.374 e. The van der Waals surface area contributed by atoms with Crippen LogP contribution in [0.25, 0.3) is 6.08 Å². The molecule has 1 heteroatoms. The quantitative estimate of drug-likeness (QED) is 0.692. The molecule has 14 heavy (non-hydrogen) atoms. The molecule has 0 aliphatic carbocycles. The maximum absolute atomic E-state index is 5.51. The second-order valence-corrected chi connectivity index (χ2v) is 3.82. The van der Waals surface area contributed by atoms with Gasteiger partial charge in [0.15, 0.2) is 0 Å². The molecule has 1 nitrogen and oxygen atoms in total. The molecular weight excluding hydrogens is 172 g/mol. The molecule has 1 fully saturated rings. The van der Waals surface area contributed by atoms with E-state index < -0.39 is 0 Å². The van der Waals surface area contributed by atoms with Crippen molar-refractivity contribution in [3.8, 4) is 0 Å². The maximum atomic E-state index is 5.51. The first-order chi connectivity index (χ1) is 6.84. The van der Waals surface area contributed by atoms with Gasteiger partial charge in [-0.25, -0.2) is 0 Å². The summed E-state index contributed by atoms with van der Waals surface area (Å²) in [5.41, 5.74) is 2.56. The van der Waals surface area contributed by atoms with Gasteiger partial charge in [-0.05, 0) is 25.3 Å². The van der Waals surface area contributed by atoms with Crippen LogP contribution in [0.15, 0.2) is 30.3 Å². The molecule has 1 aliphatic rings. The maximum Gasteiger partial charge on any atom is 0.0759 e. The zero-order valence-corrected chi connectivity index (χ0v) is 8.57. The van der Waals surface area contributed by atoms with E-state index in [1.165, 1.54) is 24.0 Å². The smallest absolute Gasteiger partial charge is 0.0759 e. The van der Waals surface area contributed by atoms with Crippen molar-refractivity contribution in [2.45, 2.75) is 25.9 Å². The SMILES string of the molecule is Cc1ccc(/C=C/C2CCCO2)cc1. The third kappa shape index (κ3) is 2.46. The molecule has 1 aromatic carbocycles. The summed E-state index contributed by atoms with van der Waals surface area (Å²) in [5, 5.41) is 0. The lowest BCUT2D eigenvalue weighted by Gasteiger charge is -2.01. The summed E-state index contributed by atoms with van der Waals surface area (Å²) in [6.07, 6.45) is 7.02. The van der Waals surface area contributed by atoms with Crippen molar-refractivity contribution in [1.29, 1.82) is 0 Å². The molecule has 1 saturated heterocycles. The lowest BCUT2D eigenvalue weighted by atomic mass is 10.1. The van der Waals surface area contributed by atoms with Crippen LogP contribution in [0, 0.1) is 6.92 Å². The van der Waals surface area contributed by atoms with Crippen LogP contribution in [0.4, 0.5) is 0 Å². The minimum absolute atomic E-state index is 0.344. The largest absolute Gasteiger partial charge is 0.374 e. The number of aryl methyl sites for hydroxylation is 1. The van der Waals surface area contributed by atoms with Gasteiger partial charge in [0.2, 0.25) is 0 Å². The normalized spacial score (nSPS) is 21.9. The number of hydrogen-bond acceptors (Lipinski definition) is 1. The number of benzene rings is 1. The van der Waals surface area contributed by atoms with Gasteiger partial charge in [0.05, 0.1) is 6.10 Å². The minimum atomic E-state index is 0.344. The fraction of sp³-hybridized carbons (Fsp3) is 0.385. The Bertz CT molecular complexity index is 305. The van der Waals surface area contributed by atoms with Crippen molar-refractivity contribution in [2.24, 2.45) is 0 Å². The van der Waals surface area contributed by atoms with Crippen LogP contribution in [-0.4, -0.2) is 12.7 Å². The van der Waals surface area contributed by atoms with E-state index in [9.17, 15) is 0 Å². The molecule has 1 heterocycles. The van der Waals surface area contributed by atoms with E-state index in [4.69, 9.17) is 4.74 Å². The van der Waals surface area contributed by atoms with E-state index in [0.717, 1.165) is 6.61 Å². The van der Waals surface area contributed by atoms with Gasteiger partial charge in [-0.1, -0.05) is 42.0 Å². The highest BCUT2D eigenvalue weighted by atomic mass is 16.5. The number of hydrogen-bond donors (Lipinski definition) is 0. The van der Waals surface area contributed by atoms with Crippen molar-refractivity contribution < 1.29 is 4.74 Å². The lowest BCUT2D eigenvalue weighted by molar-refractivity contribution is 0.146. The highest BCUT2D eigenvalue weighted by Gasteiger charge is 2.10. The molecule has 0 saturated carbocycles. The van der Waals surface area contributed by atoms with E-state index >= 15 is 0 Å². The predicted octanol–water partition coefficient (Wildman–Crippen LogP) is 3.19. The Morgan fingerprint density at radius 1 is 1.29 bits per heavy atom. The first kappa shape index (κ1) is 9.47. The molecule has 0 amide bonds. The van der Waals surface area contributed by atoms with Gasteiger partial charge in [0.25, 0.3) is 0 Å². The fourth-order valence-electron chi connectivity index (χ4n) is 1.65. The highest BCUT2D eigenvalue weighted by Crippen LogP contribution is 2.14. The van der Waals surface area contributed by atoms with E-state index in [1.54, 1.807) is 0 Å². The standard InChI is InChI=1S/C13H16O/c1-11-4-6-12(7-5-11)8-9-13-3-2-10-14-13/h4-9,13H,2-3,10H2,1H3/b9-8+. The summed E-state index contributed by atoms with van der Waals surface area (Å²) >= 11 is 0. The van der Waals surface area contributed by atoms with Gasteiger partial charge < -0.3 is 4.74 Å². The van der Waals surface area contributed by atoms with Gasteiger partial charge in [-0.3, -0.25) is 0 Å². The van der Waals surface area contributed by atoms with Gasteiger partial charge in [-0.15, -0.1) is 0 Å². The average molecular weight is 188 g/mol. The second kappa shape index (κ2) is 4.43. The Balaban J connectivity index is 1.99. The van der Waals surface area contributed by atoms with Crippen LogP contribution in [0.5, 0.6) is 0 Å². The van der Waals surface area contributed by atoms with Crippen LogP contribution in [0.2, 0.25) is 0 Å². The third-order valence-electron chi connectivity index (χ3n) is 2.55. The molecule has 0 aromatic heterocycles. The Labute approximate surface area is 85.4 Å².